The van der Waals surface area contributed by atoms with Crippen LogP contribution in [-0.2, 0) is 14.3 Å². The van der Waals surface area contributed by atoms with Crippen LogP contribution in [0.3, 0.4) is 0 Å². The molecule has 1 saturated carbocycles. The maximum Gasteiger partial charge on any atom is 0.161 e. The number of hydrogen-bond acceptors (Lipinski definition) is 4. The topological polar surface area (TPSA) is 62.4 Å². The monoisotopic (exact) mass is 266 g/mol. The predicted molar refractivity (Wildman–Crippen MR) is 69.7 cm³/mol. The number of allylic oxidation sites excluding steroid dienone is 1. The Morgan fingerprint density at radius 1 is 1.53 bits per heavy atom. The van der Waals surface area contributed by atoms with E-state index in [0.717, 1.165) is 12.8 Å². The number of carbonyl (C=O) groups is 1. The summed E-state index contributed by atoms with van der Waals surface area (Å²) in [7, 11) is 0. The Bertz CT molecular complexity index is 433. The molecule has 4 heteroatoms. The van der Waals surface area contributed by atoms with Crippen LogP contribution in [0.2, 0.25) is 0 Å². The van der Waals surface area contributed by atoms with Gasteiger partial charge in [-0.2, -0.15) is 0 Å². The van der Waals surface area contributed by atoms with Gasteiger partial charge in [0.05, 0.1) is 18.6 Å². The lowest BCUT2D eigenvalue weighted by Crippen LogP contribution is -2.52. The Labute approximate surface area is 113 Å². The quantitative estimate of drug-likeness (QED) is 0.622. The van der Waals surface area contributed by atoms with Gasteiger partial charge in [0, 0.05) is 6.42 Å². The molecule has 0 aromatic rings. The van der Waals surface area contributed by atoms with E-state index in [1.165, 1.54) is 5.57 Å². The van der Waals surface area contributed by atoms with Crippen LogP contribution < -0.4 is 0 Å². The van der Waals surface area contributed by atoms with Gasteiger partial charge in [-0.1, -0.05) is 11.6 Å². The Hall–Kier alpha value is -0.710. The summed E-state index contributed by atoms with van der Waals surface area (Å²) in [5.74, 6) is -0.277. The summed E-state index contributed by atoms with van der Waals surface area (Å²) in [4.78, 5) is 11.8. The van der Waals surface area contributed by atoms with E-state index in [2.05, 4.69) is 19.9 Å². The van der Waals surface area contributed by atoms with Gasteiger partial charge >= 0.3 is 0 Å². The second kappa shape index (κ2) is 4.14. The van der Waals surface area contributed by atoms with Gasteiger partial charge < -0.3 is 14.6 Å². The molecule has 2 aliphatic heterocycles. The first kappa shape index (κ1) is 13.3. The molecule has 3 fully saturated rings. The number of carbonyl (C=O) groups excluding carboxylic acids is 1. The van der Waals surface area contributed by atoms with Crippen LogP contribution in [0, 0.1) is 5.92 Å². The highest BCUT2D eigenvalue weighted by Crippen LogP contribution is 2.58. The number of hydrogen-bond donors (Lipinski definition) is 1. The molecule has 2 heterocycles. The van der Waals surface area contributed by atoms with Gasteiger partial charge in [0.1, 0.15) is 17.3 Å². The molecule has 1 spiro atoms. The molecule has 19 heavy (non-hydrogen) atoms. The lowest BCUT2D eigenvalue weighted by atomic mass is 9.69. The van der Waals surface area contributed by atoms with Crippen LogP contribution in [0.15, 0.2) is 11.6 Å². The minimum absolute atomic E-state index is 0.0659. The van der Waals surface area contributed by atoms with Crippen molar-refractivity contribution < 1.29 is 19.4 Å². The minimum Gasteiger partial charge on any atom is -0.385 e. The van der Waals surface area contributed by atoms with Gasteiger partial charge in [-0.05, 0) is 33.6 Å². The Morgan fingerprint density at radius 2 is 2.21 bits per heavy atom. The van der Waals surface area contributed by atoms with E-state index in [1.54, 1.807) is 0 Å². The standard InChI is InChI=1S/C15H22O4/c1-9(2)4-5-11-14(3,19-11)13-12(17)10(16)6-7-15(13)8-18-15/h4,11-13,17H,5-8H2,1-3H3/t11-,12-,13-,14-,15+/m1/s1. The summed E-state index contributed by atoms with van der Waals surface area (Å²) in [6, 6.07) is 0. The Balaban J connectivity index is 1.77. The normalized spacial score (nSPS) is 48.2. The molecule has 1 N–H and O–H groups in total. The minimum atomic E-state index is -0.932. The maximum atomic E-state index is 11.8. The molecule has 0 amide bonds. The number of Topliss-reactive ketones (excluding diaryl/α,β-unsaturated/α-hetero) is 1. The molecule has 1 aliphatic carbocycles. The van der Waals surface area contributed by atoms with Gasteiger partial charge in [0.25, 0.3) is 0 Å². The highest BCUT2D eigenvalue weighted by atomic mass is 16.6. The molecule has 0 radical (unpaired) electrons. The second-order valence-corrected chi connectivity index (χ2v) is 6.55. The van der Waals surface area contributed by atoms with Gasteiger partial charge in [0.2, 0.25) is 0 Å². The van der Waals surface area contributed by atoms with Gasteiger partial charge in [-0.15, -0.1) is 0 Å². The summed E-state index contributed by atoms with van der Waals surface area (Å²) in [6.45, 7) is 6.77. The third-order valence-electron chi connectivity index (χ3n) is 4.86. The van der Waals surface area contributed by atoms with Crippen LogP contribution in [0.25, 0.3) is 0 Å². The lowest BCUT2D eigenvalue weighted by Gasteiger charge is -2.35. The zero-order chi connectivity index (χ0) is 13.8. The fraction of sp³-hybridized carbons (Fsp3) is 0.800. The number of ketones is 1. The van der Waals surface area contributed by atoms with Crippen LogP contribution in [0.5, 0.6) is 0 Å². The summed E-state index contributed by atoms with van der Waals surface area (Å²) >= 11 is 0. The molecule has 0 aromatic heterocycles. The second-order valence-electron chi connectivity index (χ2n) is 6.55. The van der Waals surface area contributed by atoms with Crippen molar-refractivity contribution in [2.75, 3.05) is 6.61 Å². The van der Waals surface area contributed by atoms with Crippen molar-refractivity contribution in [2.45, 2.75) is 63.4 Å². The first-order valence-electron chi connectivity index (χ1n) is 7.05. The van der Waals surface area contributed by atoms with Crippen molar-refractivity contribution in [3.8, 4) is 0 Å². The fourth-order valence-electron chi connectivity index (χ4n) is 3.54. The molecule has 106 valence electrons. The van der Waals surface area contributed by atoms with E-state index in [1.807, 2.05) is 6.92 Å². The van der Waals surface area contributed by atoms with Crippen molar-refractivity contribution in [2.24, 2.45) is 5.92 Å². The zero-order valence-corrected chi connectivity index (χ0v) is 11.8. The number of aliphatic hydroxyl groups is 1. The maximum absolute atomic E-state index is 11.8. The smallest absolute Gasteiger partial charge is 0.161 e. The molecule has 5 atom stereocenters. The third kappa shape index (κ3) is 2.06. The van der Waals surface area contributed by atoms with Gasteiger partial charge in [0.15, 0.2) is 5.78 Å². The first-order chi connectivity index (χ1) is 8.89. The van der Waals surface area contributed by atoms with Crippen LogP contribution in [0.1, 0.15) is 40.0 Å². The van der Waals surface area contributed by atoms with Gasteiger partial charge in [-0.25, -0.2) is 0 Å². The molecule has 0 aromatic carbocycles. The van der Waals surface area contributed by atoms with Gasteiger partial charge in [-0.3, -0.25) is 4.79 Å². The van der Waals surface area contributed by atoms with Crippen molar-refractivity contribution in [3.63, 3.8) is 0 Å². The highest BCUT2D eigenvalue weighted by Gasteiger charge is 2.71. The lowest BCUT2D eigenvalue weighted by molar-refractivity contribution is -0.139. The molecule has 4 nitrogen and oxygen atoms in total. The number of aliphatic hydroxyl groups excluding tert-OH is 1. The molecular weight excluding hydrogens is 244 g/mol. The number of epoxide rings is 2. The highest BCUT2D eigenvalue weighted by molar-refractivity contribution is 5.85. The Kier molecular flexibility index (Phi) is 2.89. The van der Waals surface area contributed by atoms with E-state index in [9.17, 15) is 9.90 Å². The Morgan fingerprint density at radius 3 is 2.79 bits per heavy atom. The van der Waals surface area contributed by atoms with Crippen molar-refractivity contribution >= 4 is 5.78 Å². The molecule has 3 rings (SSSR count). The van der Waals surface area contributed by atoms with E-state index >= 15 is 0 Å². The predicted octanol–water partition coefficient (Wildman–Crippen LogP) is 1.61. The van der Waals surface area contributed by atoms with Crippen molar-refractivity contribution in [1.29, 1.82) is 0 Å². The summed E-state index contributed by atoms with van der Waals surface area (Å²) in [6.07, 6.45) is 3.29. The third-order valence-corrected chi connectivity index (χ3v) is 4.86. The molecular formula is C15H22O4. The van der Waals surface area contributed by atoms with Crippen LogP contribution in [-0.4, -0.2) is 40.9 Å². The van der Waals surface area contributed by atoms with E-state index in [0.29, 0.717) is 13.0 Å². The summed E-state index contributed by atoms with van der Waals surface area (Å²) < 4.78 is 11.5. The van der Waals surface area contributed by atoms with E-state index < -0.39 is 11.7 Å². The van der Waals surface area contributed by atoms with Crippen LogP contribution in [0.4, 0.5) is 0 Å². The summed E-state index contributed by atoms with van der Waals surface area (Å²) in [5, 5.41) is 10.3. The molecule has 2 saturated heterocycles. The molecule has 0 unspecified atom stereocenters. The number of ether oxygens (including phenoxy) is 2. The average Bonchev–Trinajstić information content (AvgIpc) is 3.22. The van der Waals surface area contributed by atoms with Crippen molar-refractivity contribution in [1.82, 2.24) is 0 Å². The largest absolute Gasteiger partial charge is 0.385 e. The SMILES string of the molecule is CC(C)=CC[C@H]1O[C@@]1(C)[C@H]1[C@H](O)C(=O)CC[C@]12CO2. The van der Waals surface area contributed by atoms with Crippen molar-refractivity contribution in [3.05, 3.63) is 11.6 Å². The number of rotatable bonds is 3. The molecule has 3 aliphatic rings. The average molecular weight is 266 g/mol. The fourth-order valence-corrected chi connectivity index (χ4v) is 3.54. The first-order valence-corrected chi connectivity index (χ1v) is 7.05. The summed E-state index contributed by atoms with van der Waals surface area (Å²) in [5.41, 5.74) is 0.537. The zero-order valence-electron chi connectivity index (χ0n) is 11.8. The molecule has 0 bridgehead atoms. The van der Waals surface area contributed by atoms with E-state index in [4.69, 9.17) is 9.47 Å². The van der Waals surface area contributed by atoms with Crippen LogP contribution >= 0.6 is 0 Å². The van der Waals surface area contributed by atoms with E-state index in [-0.39, 0.29) is 23.4 Å².